The summed E-state index contributed by atoms with van der Waals surface area (Å²) in [6.07, 6.45) is 4.91. The topological polar surface area (TPSA) is 82.5 Å². The molecule has 1 aliphatic carbocycles. The molecule has 1 fully saturated rings. The van der Waals surface area contributed by atoms with Crippen LogP contribution in [-0.2, 0) is 15.6 Å². The summed E-state index contributed by atoms with van der Waals surface area (Å²) in [6, 6.07) is 9.11. The lowest BCUT2D eigenvalue weighted by Crippen LogP contribution is -2.43. The molecule has 0 amide bonds. The van der Waals surface area contributed by atoms with Crippen molar-refractivity contribution in [2.45, 2.75) is 24.5 Å². The number of ether oxygens (including phenoxy) is 2. The number of sulfonamides is 1. The molecule has 0 saturated heterocycles. The van der Waals surface area contributed by atoms with Crippen molar-refractivity contribution in [2.75, 3.05) is 18.9 Å². The Morgan fingerprint density at radius 2 is 2.04 bits per heavy atom. The average molecular weight is 349 g/mol. The van der Waals surface area contributed by atoms with E-state index in [0.717, 1.165) is 12.8 Å². The van der Waals surface area contributed by atoms with Crippen LogP contribution in [0.15, 0.2) is 42.7 Å². The highest BCUT2D eigenvalue weighted by Crippen LogP contribution is 2.42. The van der Waals surface area contributed by atoms with Gasteiger partial charge in [-0.2, -0.15) is 5.10 Å². The number of rotatable bonds is 6. The Bertz CT molecular complexity index is 816. The van der Waals surface area contributed by atoms with Gasteiger partial charge >= 0.3 is 0 Å². The van der Waals surface area contributed by atoms with Crippen molar-refractivity contribution in [3.63, 3.8) is 0 Å². The first kappa shape index (κ1) is 15.5. The Labute approximate surface area is 140 Å². The van der Waals surface area contributed by atoms with Crippen LogP contribution in [0.1, 0.15) is 12.8 Å². The first-order chi connectivity index (χ1) is 11.6. The summed E-state index contributed by atoms with van der Waals surface area (Å²) in [5.74, 6) is 1.10. The Balaban J connectivity index is 1.37. The number of nitrogens with one attached hydrogen (secondary N) is 1. The van der Waals surface area contributed by atoms with Crippen LogP contribution < -0.4 is 14.2 Å². The van der Waals surface area contributed by atoms with Crippen molar-refractivity contribution in [1.29, 1.82) is 0 Å². The summed E-state index contributed by atoms with van der Waals surface area (Å²) in [4.78, 5) is 0. The second-order valence-corrected chi connectivity index (χ2v) is 8.13. The lowest BCUT2D eigenvalue weighted by molar-refractivity contribution is 0.106. The molecule has 0 radical (unpaired) electrons. The molecule has 1 saturated carbocycles. The third-order valence-corrected chi connectivity index (χ3v) is 5.81. The van der Waals surface area contributed by atoms with Crippen molar-refractivity contribution in [3.8, 4) is 11.5 Å². The first-order valence-electron chi connectivity index (χ1n) is 7.92. The van der Waals surface area contributed by atoms with E-state index in [4.69, 9.17) is 9.47 Å². The molecular formula is C16H19N3O4S. The van der Waals surface area contributed by atoms with Gasteiger partial charge in [-0.3, -0.25) is 4.68 Å². The maximum absolute atomic E-state index is 12.4. The van der Waals surface area contributed by atoms with E-state index in [2.05, 4.69) is 9.82 Å². The minimum absolute atomic E-state index is 0.128. The van der Waals surface area contributed by atoms with Crippen molar-refractivity contribution in [2.24, 2.45) is 0 Å². The fourth-order valence-electron chi connectivity index (χ4n) is 2.87. The lowest BCUT2D eigenvalue weighted by atomic mass is 10.3. The molecule has 128 valence electrons. The van der Waals surface area contributed by atoms with Gasteiger partial charge in [0.25, 0.3) is 0 Å². The van der Waals surface area contributed by atoms with Crippen molar-refractivity contribution < 1.29 is 17.9 Å². The molecule has 2 aliphatic rings. The average Bonchev–Trinajstić information content (AvgIpc) is 3.16. The van der Waals surface area contributed by atoms with Crippen LogP contribution in [0.4, 0.5) is 0 Å². The Morgan fingerprint density at radius 1 is 1.25 bits per heavy atom. The van der Waals surface area contributed by atoms with Crippen LogP contribution >= 0.6 is 0 Å². The molecule has 1 atom stereocenters. The van der Waals surface area contributed by atoms with Gasteiger partial charge in [0, 0.05) is 18.9 Å². The van der Waals surface area contributed by atoms with E-state index in [0.29, 0.717) is 18.0 Å². The summed E-state index contributed by atoms with van der Waals surface area (Å²) >= 11 is 0. The summed E-state index contributed by atoms with van der Waals surface area (Å²) in [6.45, 7) is 0.573. The minimum atomic E-state index is -3.46. The van der Waals surface area contributed by atoms with Gasteiger partial charge in [0.15, 0.2) is 11.5 Å². The first-order valence-corrected chi connectivity index (χ1v) is 9.58. The zero-order valence-electron chi connectivity index (χ0n) is 13.1. The molecule has 1 aromatic heterocycles. The number of fused-ring (bicyclic) bond motifs is 1. The Hall–Kier alpha value is -2.06. The largest absolute Gasteiger partial charge is 0.486 e. The predicted octanol–water partition coefficient (Wildman–Crippen LogP) is 1.13. The molecule has 1 aliphatic heterocycles. The van der Waals surface area contributed by atoms with Crippen LogP contribution in [-0.4, -0.2) is 43.2 Å². The highest BCUT2D eigenvalue weighted by Gasteiger charge is 2.46. The van der Waals surface area contributed by atoms with Crippen LogP contribution in [0, 0.1) is 0 Å². The molecule has 1 unspecified atom stereocenters. The van der Waals surface area contributed by atoms with E-state index >= 15 is 0 Å². The van der Waals surface area contributed by atoms with E-state index < -0.39 is 16.1 Å². The van der Waals surface area contributed by atoms with Gasteiger partial charge < -0.3 is 9.47 Å². The van der Waals surface area contributed by atoms with Crippen LogP contribution in [0.2, 0.25) is 0 Å². The molecule has 24 heavy (non-hydrogen) atoms. The maximum atomic E-state index is 12.4. The normalized spacial score (nSPS) is 21.4. The summed E-state index contributed by atoms with van der Waals surface area (Å²) < 4.78 is 40.6. The standard InChI is InChI=1S/C16H19N3O4S/c20-24(21,18-12-16(6-7-16)19-9-3-8-17-19)11-13-10-22-14-4-1-2-5-15(14)23-13/h1-5,8-9,13,18H,6-7,10-12H2. The van der Waals surface area contributed by atoms with Gasteiger partial charge in [0.2, 0.25) is 10.0 Å². The van der Waals surface area contributed by atoms with E-state index in [1.165, 1.54) is 0 Å². The third kappa shape index (κ3) is 3.11. The van der Waals surface area contributed by atoms with E-state index in [-0.39, 0.29) is 17.9 Å². The van der Waals surface area contributed by atoms with Crippen molar-refractivity contribution in [3.05, 3.63) is 42.7 Å². The Kier molecular flexibility index (Phi) is 3.73. The smallest absolute Gasteiger partial charge is 0.215 e. The SMILES string of the molecule is O=S(=O)(CC1COc2ccccc2O1)NCC1(n2cccn2)CC1. The maximum Gasteiger partial charge on any atom is 0.215 e. The van der Waals surface area contributed by atoms with Crippen LogP contribution in [0.5, 0.6) is 11.5 Å². The van der Waals surface area contributed by atoms with E-state index in [9.17, 15) is 8.42 Å². The third-order valence-electron chi connectivity index (χ3n) is 4.41. The summed E-state index contributed by atoms with van der Waals surface area (Å²) in [5.41, 5.74) is -0.215. The van der Waals surface area contributed by atoms with E-state index in [1.54, 1.807) is 18.3 Å². The van der Waals surface area contributed by atoms with Crippen LogP contribution in [0.3, 0.4) is 0 Å². The van der Waals surface area contributed by atoms with Crippen molar-refractivity contribution >= 4 is 10.0 Å². The van der Waals surface area contributed by atoms with Gasteiger partial charge in [0.1, 0.15) is 18.5 Å². The summed E-state index contributed by atoms with van der Waals surface area (Å²) in [5, 5.41) is 4.23. The lowest BCUT2D eigenvalue weighted by Gasteiger charge is -2.26. The molecule has 8 heteroatoms. The molecule has 1 N–H and O–H groups in total. The number of hydrogen-bond donors (Lipinski definition) is 1. The van der Waals surface area contributed by atoms with Crippen molar-refractivity contribution in [1.82, 2.24) is 14.5 Å². The van der Waals surface area contributed by atoms with Gasteiger partial charge in [-0.05, 0) is 31.0 Å². The fourth-order valence-corrected chi connectivity index (χ4v) is 4.13. The number of nitrogens with zero attached hydrogens (tertiary/aromatic N) is 2. The molecule has 0 bridgehead atoms. The van der Waals surface area contributed by atoms with E-state index in [1.807, 2.05) is 29.1 Å². The Morgan fingerprint density at radius 3 is 2.75 bits per heavy atom. The number of hydrogen-bond acceptors (Lipinski definition) is 5. The minimum Gasteiger partial charge on any atom is -0.486 e. The second-order valence-electron chi connectivity index (χ2n) is 6.28. The predicted molar refractivity (Wildman–Crippen MR) is 87.6 cm³/mol. The highest BCUT2D eigenvalue weighted by molar-refractivity contribution is 7.89. The van der Waals surface area contributed by atoms with Gasteiger partial charge in [-0.25, -0.2) is 13.1 Å². The molecule has 7 nitrogen and oxygen atoms in total. The molecule has 2 aromatic rings. The van der Waals surface area contributed by atoms with Gasteiger partial charge in [0.05, 0.1) is 5.54 Å². The van der Waals surface area contributed by atoms with Crippen LogP contribution in [0.25, 0.3) is 0 Å². The highest BCUT2D eigenvalue weighted by atomic mass is 32.2. The van der Waals surface area contributed by atoms with Gasteiger partial charge in [-0.15, -0.1) is 0 Å². The zero-order chi connectivity index (χ0) is 16.6. The number of para-hydroxylation sites is 2. The molecule has 1 aromatic carbocycles. The monoisotopic (exact) mass is 349 g/mol. The zero-order valence-corrected chi connectivity index (χ0v) is 13.9. The molecular weight excluding hydrogens is 330 g/mol. The molecule has 2 heterocycles. The summed E-state index contributed by atoms with van der Waals surface area (Å²) in [7, 11) is -3.46. The van der Waals surface area contributed by atoms with Gasteiger partial charge in [-0.1, -0.05) is 12.1 Å². The second kappa shape index (κ2) is 5.78. The molecule has 4 rings (SSSR count). The fraction of sp³-hybridized carbons (Fsp3) is 0.438. The molecule has 0 spiro atoms. The number of aromatic nitrogens is 2. The number of benzene rings is 1. The quantitative estimate of drug-likeness (QED) is 0.845.